The highest BCUT2D eigenvalue weighted by atomic mass is 32.1. The van der Waals surface area contributed by atoms with E-state index in [1.54, 1.807) is 17.4 Å². The number of ether oxygens (including phenoxy) is 2. The van der Waals surface area contributed by atoms with E-state index in [0.717, 1.165) is 23.7 Å². The fourth-order valence-corrected chi connectivity index (χ4v) is 4.74. The number of thiazole rings is 1. The number of amides is 1. The Morgan fingerprint density at radius 3 is 2.47 bits per heavy atom. The van der Waals surface area contributed by atoms with Crippen molar-refractivity contribution in [1.82, 2.24) is 9.88 Å². The van der Waals surface area contributed by atoms with Crippen molar-refractivity contribution in [1.29, 1.82) is 0 Å². The molecule has 0 bridgehead atoms. The molecule has 1 aliphatic heterocycles. The van der Waals surface area contributed by atoms with E-state index in [-0.39, 0.29) is 5.91 Å². The molecular formula is C23H27N3O3S. The van der Waals surface area contributed by atoms with E-state index < -0.39 is 0 Å². The third kappa shape index (κ3) is 4.21. The molecule has 1 amide bonds. The molecule has 1 fully saturated rings. The lowest BCUT2D eigenvalue weighted by atomic mass is 10.1. The third-order valence-electron chi connectivity index (χ3n) is 5.16. The molecule has 4 rings (SSSR count). The number of aromatic nitrogens is 1. The van der Waals surface area contributed by atoms with Crippen molar-refractivity contribution in [2.24, 2.45) is 0 Å². The Hall–Kier alpha value is -2.80. The molecule has 1 aliphatic rings. The van der Waals surface area contributed by atoms with Crippen LogP contribution in [-0.2, 0) is 0 Å². The van der Waals surface area contributed by atoms with Crippen molar-refractivity contribution in [3.8, 4) is 11.5 Å². The van der Waals surface area contributed by atoms with Crippen LogP contribution >= 0.6 is 11.3 Å². The van der Waals surface area contributed by atoms with Crippen LogP contribution in [0.3, 0.4) is 0 Å². The molecule has 3 aromatic rings. The Balaban J connectivity index is 1.44. The largest absolute Gasteiger partial charge is 0.490 e. The summed E-state index contributed by atoms with van der Waals surface area (Å²) in [5.74, 6) is 1.32. The van der Waals surface area contributed by atoms with E-state index in [4.69, 9.17) is 14.5 Å². The Bertz CT molecular complexity index is 1040. The van der Waals surface area contributed by atoms with Crippen LogP contribution in [0.5, 0.6) is 11.5 Å². The topological polar surface area (TPSA) is 54.9 Å². The van der Waals surface area contributed by atoms with Gasteiger partial charge in [0.25, 0.3) is 5.91 Å². The lowest BCUT2D eigenvalue weighted by molar-refractivity contribution is 0.0746. The first-order chi connectivity index (χ1) is 14.6. The quantitative estimate of drug-likeness (QED) is 0.587. The van der Waals surface area contributed by atoms with Crippen LogP contribution in [0.1, 0.15) is 29.8 Å². The van der Waals surface area contributed by atoms with Gasteiger partial charge >= 0.3 is 0 Å². The minimum Gasteiger partial charge on any atom is -0.490 e. The SMILES string of the molecule is CCOc1ccc(C(=O)N2CCN(c3nc4ccc(C)cc4s3)CC2)cc1OCC. The van der Waals surface area contributed by atoms with Gasteiger partial charge in [-0.15, -0.1) is 0 Å². The van der Waals surface area contributed by atoms with Gasteiger partial charge in [-0.1, -0.05) is 17.4 Å². The van der Waals surface area contributed by atoms with Gasteiger partial charge in [0.15, 0.2) is 16.6 Å². The van der Waals surface area contributed by atoms with Gasteiger partial charge in [-0.3, -0.25) is 4.79 Å². The van der Waals surface area contributed by atoms with Crippen molar-refractivity contribution in [2.75, 3.05) is 44.3 Å². The molecule has 0 atom stereocenters. The summed E-state index contributed by atoms with van der Waals surface area (Å²) in [4.78, 5) is 22.0. The first kappa shape index (κ1) is 20.5. The first-order valence-electron chi connectivity index (χ1n) is 10.4. The van der Waals surface area contributed by atoms with Gasteiger partial charge in [-0.2, -0.15) is 0 Å². The zero-order valence-electron chi connectivity index (χ0n) is 17.7. The van der Waals surface area contributed by atoms with Gasteiger partial charge in [-0.05, 0) is 56.7 Å². The molecule has 0 saturated carbocycles. The lowest BCUT2D eigenvalue weighted by Crippen LogP contribution is -2.48. The van der Waals surface area contributed by atoms with Crippen LogP contribution in [0.2, 0.25) is 0 Å². The number of benzene rings is 2. The second-order valence-electron chi connectivity index (χ2n) is 7.27. The fraction of sp³-hybridized carbons (Fsp3) is 0.391. The zero-order valence-corrected chi connectivity index (χ0v) is 18.5. The molecular weight excluding hydrogens is 398 g/mol. The van der Waals surface area contributed by atoms with E-state index in [1.165, 1.54) is 10.3 Å². The maximum atomic E-state index is 13.0. The molecule has 0 unspecified atom stereocenters. The van der Waals surface area contributed by atoms with Gasteiger partial charge in [0.05, 0.1) is 23.4 Å². The average molecular weight is 426 g/mol. The minimum atomic E-state index is 0.0265. The maximum Gasteiger partial charge on any atom is 0.254 e. The molecule has 0 spiro atoms. The number of piperazine rings is 1. The highest BCUT2D eigenvalue weighted by Gasteiger charge is 2.24. The summed E-state index contributed by atoms with van der Waals surface area (Å²) in [5, 5.41) is 1.03. The minimum absolute atomic E-state index is 0.0265. The van der Waals surface area contributed by atoms with E-state index in [0.29, 0.717) is 43.4 Å². The van der Waals surface area contributed by atoms with Crippen molar-refractivity contribution in [3.63, 3.8) is 0 Å². The van der Waals surface area contributed by atoms with Crippen LogP contribution < -0.4 is 14.4 Å². The molecule has 0 radical (unpaired) electrons. The number of nitrogens with zero attached hydrogens (tertiary/aromatic N) is 3. The van der Waals surface area contributed by atoms with Crippen molar-refractivity contribution < 1.29 is 14.3 Å². The summed E-state index contributed by atoms with van der Waals surface area (Å²) in [7, 11) is 0. The predicted octanol–water partition coefficient (Wildman–Crippen LogP) is 4.36. The normalized spacial score (nSPS) is 14.2. The number of carbonyl (C=O) groups is 1. The first-order valence-corrected chi connectivity index (χ1v) is 11.2. The summed E-state index contributed by atoms with van der Waals surface area (Å²) in [6.45, 7) is 9.93. The number of fused-ring (bicyclic) bond motifs is 1. The Morgan fingerprint density at radius 1 is 1.00 bits per heavy atom. The molecule has 2 aromatic carbocycles. The van der Waals surface area contributed by atoms with Gasteiger partial charge in [0, 0.05) is 31.7 Å². The zero-order chi connectivity index (χ0) is 21.1. The van der Waals surface area contributed by atoms with Crippen LogP contribution in [0.25, 0.3) is 10.2 Å². The van der Waals surface area contributed by atoms with Crippen LogP contribution in [0, 0.1) is 6.92 Å². The fourth-order valence-electron chi connectivity index (χ4n) is 3.62. The average Bonchev–Trinajstić information content (AvgIpc) is 3.18. The lowest BCUT2D eigenvalue weighted by Gasteiger charge is -2.34. The van der Waals surface area contributed by atoms with Gasteiger partial charge in [0.1, 0.15) is 0 Å². The van der Waals surface area contributed by atoms with Gasteiger partial charge in [-0.25, -0.2) is 4.98 Å². The molecule has 2 heterocycles. The number of anilines is 1. The molecule has 7 heteroatoms. The Morgan fingerprint density at radius 2 is 1.73 bits per heavy atom. The van der Waals surface area contributed by atoms with Crippen LogP contribution in [0.4, 0.5) is 5.13 Å². The van der Waals surface area contributed by atoms with Crippen molar-refractivity contribution in [2.45, 2.75) is 20.8 Å². The molecule has 1 saturated heterocycles. The summed E-state index contributed by atoms with van der Waals surface area (Å²) in [6.07, 6.45) is 0. The van der Waals surface area contributed by atoms with Gasteiger partial charge in [0.2, 0.25) is 0 Å². The summed E-state index contributed by atoms with van der Waals surface area (Å²) < 4.78 is 12.5. The van der Waals surface area contributed by atoms with Crippen molar-refractivity contribution >= 4 is 32.6 Å². The molecule has 30 heavy (non-hydrogen) atoms. The van der Waals surface area contributed by atoms with Crippen LogP contribution in [0.15, 0.2) is 36.4 Å². The van der Waals surface area contributed by atoms with E-state index in [2.05, 4.69) is 30.0 Å². The number of hydrogen-bond acceptors (Lipinski definition) is 6. The third-order valence-corrected chi connectivity index (χ3v) is 6.24. The number of aryl methyl sites for hydroxylation is 1. The molecule has 6 nitrogen and oxygen atoms in total. The molecule has 158 valence electrons. The Labute approximate surface area is 181 Å². The second-order valence-corrected chi connectivity index (χ2v) is 8.28. The van der Waals surface area contributed by atoms with Crippen LogP contribution in [-0.4, -0.2) is 55.2 Å². The maximum absolute atomic E-state index is 13.0. The van der Waals surface area contributed by atoms with Gasteiger partial charge < -0.3 is 19.3 Å². The smallest absolute Gasteiger partial charge is 0.254 e. The standard InChI is InChI=1S/C23H27N3O3S/c1-4-28-19-9-7-17(15-20(19)29-5-2)22(27)25-10-12-26(13-11-25)23-24-18-8-6-16(3)14-21(18)30-23/h6-9,14-15H,4-5,10-13H2,1-3H3. The predicted molar refractivity (Wildman–Crippen MR) is 121 cm³/mol. The summed E-state index contributed by atoms with van der Waals surface area (Å²) in [5.41, 5.74) is 2.91. The molecule has 0 aliphatic carbocycles. The monoisotopic (exact) mass is 425 g/mol. The number of rotatable bonds is 6. The highest BCUT2D eigenvalue weighted by molar-refractivity contribution is 7.22. The summed E-state index contributed by atoms with van der Waals surface area (Å²) in [6, 6.07) is 11.8. The van der Waals surface area contributed by atoms with E-state index in [9.17, 15) is 4.79 Å². The summed E-state index contributed by atoms with van der Waals surface area (Å²) >= 11 is 1.72. The molecule has 0 N–H and O–H groups in total. The van der Waals surface area contributed by atoms with Crippen molar-refractivity contribution in [3.05, 3.63) is 47.5 Å². The second kappa shape index (κ2) is 8.92. The number of hydrogen-bond donors (Lipinski definition) is 0. The van der Waals surface area contributed by atoms with E-state index >= 15 is 0 Å². The highest BCUT2D eigenvalue weighted by Crippen LogP contribution is 2.31. The number of carbonyl (C=O) groups excluding carboxylic acids is 1. The van der Waals surface area contributed by atoms with E-state index in [1.807, 2.05) is 30.9 Å². The molecule has 1 aromatic heterocycles. The Kier molecular flexibility index (Phi) is 6.08.